The van der Waals surface area contributed by atoms with E-state index in [1.165, 1.54) is 18.9 Å². The normalized spacial score (nSPS) is 14.6. The Hall–Kier alpha value is -2.44. The van der Waals surface area contributed by atoms with E-state index < -0.39 is 5.97 Å². The molecule has 0 aromatic carbocycles. The molecule has 1 aliphatic heterocycles. The number of hydrazone groups is 1. The number of aryl methyl sites for hydroxylation is 1. The Labute approximate surface area is 123 Å². The van der Waals surface area contributed by atoms with Gasteiger partial charge in [0.2, 0.25) is 0 Å². The fraction of sp³-hybridized carbons (Fsp3) is 0.429. The minimum absolute atomic E-state index is 0.00225. The van der Waals surface area contributed by atoms with Gasteiger partial charge in [0.25, 0.3) is 0 Å². The molecule has 0 saturated heterocycles. The van der Waals surface area contributed by atoms with Crippen LogP contribution in [-0.4, -0.2) is 43.1 Å². The molecule has 0 saturated carbocycles. The average Bonchev–Trinajstić information content (AvgIpc) is 2.54. The molecule has 21 heavy (non-hydrogen) atoms. The second-order valence-corrected chi connectivity index (χ2v) is 4.63. The zero-order valence-electron chi connectivity index (χ0n) is 12.0. The van der Waals surface area contributed by atoms with Crippen LogP contribution in [0.1, 0.15) is 17.7 Å². The fourth-order valence-electron chi connectivity index (χ4n) is 2.08. The summed E-state index contributed by atoms with van der Waals surface area (Å²) in [5.74, 6) is 5.47. The standard InChI is InChI=1S/C14H19N5O2/c1-21-14(20)12(19-15)9-16-8-6-11-5-4-10-3-2-7-17-13(10)18-11/h4-5,9H,2-3,6-8,15H2,1H3,(H,17,18). The highest BCUT2D eigenvalue weighted by Gasteiger charge is 2.10. The van der Waals surface area contributed by atoms with Gasteiger partial charge in [-0.1, -0.05) is 6.07 Å². The lowest BCUT2D eigenvalue weighted by Crippen LogP contribution is -2.19. The summed E-state index contributed by atoms with van der Waals surface area (Å²) in [6, 6.07) is 4.12. The van der Waals surface area contributed by atoms with E-state index in [1.54, 1.807) is 0 Å². The summed E-state index contributed by atoms with van der Waals surface area (Å²) < 4.78 is 4.52. The van der Waals surface area contributed by atoms with Gasteiger partial charge in [0.15, 0.2) is 5.71 Å². The summed E-state index contributed by atoms with van der Waals surface area (Å²) in [7, 11) is 1.27. The lowest BCUT2D eigenvalue weighted by atomic mass is 10.1. The highest BCUT2D eigenvalue weighted by molar-refractivity contribution is 6.59. The number of fused-ring (bicyclic) bond motifs is 1. The van der Waals surface area contributed by atoms with Crippen LogP contribution < -0.4 is 11.2 Å². The fourth-order valence-corrected chi connectivity index (χ4v) is 2.08. The molecule has 7 heteroatoms. The average molecular weight is 289 g/mol. The van der Waals surface area contributed by atoms with Crippen LogP contribution in [0.5, 0.6) is 0 Å². The summed E-state index contributed by atoms with van der Waals surface area (Å²) >= 11 is 0. The zero-order chi connectivity index (χ0) is 15.1. The van der Waals surface area contributed by atoms with Gasteiger partial charge in [-0.3, -0.25) is 4.99 Å². The molecule has 0 amide bonds. The lowest BCUT2D eigenvalue weighted by Gasteiger charge is -2.17. The Morgan fingerprint density at radius 1 is 1.57 bits per heavy atom. The number of methoxy groups -OCH3 is 1. The Morgan fingerprint density at radius 3 is 3.19 bits per heavy atom. The number of aliphatic imine (C=N–C) groups is 1. The van der Waals surface area contributed by atoms with Crippen LogP contribution in [0.3, 0.4) is 0 Å². The summed E-state index contributed by atoms with van der Waals surface area (Å²) in [4.78, 5) is 19.9. The number of hydrogen-bond donors (Lipinski definition) is 2. The first-order valence-electron chi connectivity index (χ1n) is 6.83. The van der Waals surface area contributed by atoms with Gasteiger partial charge in [-0.2, -0.15) is 5.10 Å². The number of rotatable bonds is 5. The quantitative estimate of drug-likeness (QED) is 0.356. The van der Waals surface area contributed by atoms with Crippen molar-refractivity contribution in [3.63, 3.8) is 0 Å². The van der Waals surface area contributed by atoms with E-state index in [-0.39, 0.29) is 5.71 Å². The van der Waals surface area contributed by atoms with Gasteiger partial charge < -0.3 is 15.9 Å². The molecule has 112 valence electrons. The number of ether oxygens (including phenoxy) is 1. The summed E-state index contributed by atoms with van der Waals surface area (Å²) in [6.45, 7) is 1.47. The van der Waals surface area contributed by atoms with Gasteiger partial charge in [0.05, 0.1) is 13.3 Å². The zero-order valence-corrected chi connectivity index (χ0v) is 12.0. The smallest absolute Gasteiger partial charge is 0.360 e. The second kappa shape index (κ2) is 7.37. The maximum atomic E-state index is 11.2. The summed E-state index contributed by atoms with van der Waals surface area (Å²) in [6.07, 6.45) is 4.23. The van der Waals surface area contributed by atoms with Gasteiger partial charge >= 0.3 is 5.97 Å². The Kier molecular flexibility index (Phi) is 5.25. The molecule has 0 spiro atoms. The maximum absolute atomic E-state index is 11.2. The third kappa shape index (κ3) is 4.01. The largest absolute Gasteiger partial charge is 0.464 e. The van der Waals surface area contributed by atoms with Crippen LogP contribution in [0.25, 0.3) is 0 Å². The van der Waals surface area contributed by atoms with Gasteiger partial charge in [-0.15, -0.1) is 0 Å². The topological polar surface area (TPSA) is 102 Å². The SMILES string of the molecule is COC(=O)C(C=NCCc1ccc2c(n1)NCCC2)=NN. The second-order valence-electron chi connectivity index (χ2n) is 4.63. The molecule has 0 atom stereocenters. The van der Waals surface area contributed by atoms with Crippen molar-refractivity contribution in [3.05, 3.63) is 23.4 Å². The van der Waals surface area contributed by atoms with Crippen molar-refractivity contribution in [1.82, 2.24) is 4.98 Å². The number of nitrogens with zero attached hydrogens (tertiary/aromatic N) is 3. The number of nitrogens with two attached hydrogens (primary N) is 1. The van der Waals surface area contributed by atoms with Crippen LogP contribution in [0.2, 0.25) is 0 Å². The Balaban J connectivity index is 1.90. The molecule has 2 heterocycles. The predicted octanol–water partition coefficient (Wildman–Crippen LogP) is 0.541. The monoisotopic (exact) mass is 289 g/mol. The minimum Gasteiger partial charge on any atom is -0.464 e. The first kappa shape index (κ1) is 15.0. The molecule has 0 aliphatic carbocycles. The Morgan fingerprint density at radius 2 is 2.43 bits per heavy atom. The van der Waals surface area contributed by atoms with Crippen molar-refractivity contribution in [2.75, 3.05) is 25.5 Å². The molecule has 0 fully saturated rings. The molecule has 2 rings (SSSR count). The first-order valence-corrected chi connectivity index (χ1v) is 6.83. The van der Waals surface area contributed by atoms with E-state index in [4.69, 9.17) is 5.84 Å². The van der Waals surface area contributed by atoms with Crippen LogP contribution in [0, 0.1) is 0 Å². The third-order valence-corrected chi connectivity index (χ3v) is 3.20. The number of nitrogens with one attached hydrogen (secondary N) is 1. The third-order valence-electron chi connectivity index (χ3n) is 3.20. The van der Waals surface area contributed by atoms with Crippen LogP contribution in [0.4, 0.5) is 5.82 Å². The van der Waals surface area contributed by atoms with Crippen LogP contribution in [0.15, 0.2) is 22.2 Å². The van der Waals surface area contributed by atoms with E-state index in [1.807, 2.05) is 6.07 Å². The number of carbonyl (C=O) groups excluding carboxylic acids is 1. The first-order chi connectivity index (χ1) is 10.2. The van der Waals surface area contributed by atoms with Crippen LogP contribution >= 0.6 is 0 Å². The molecular formula is C14H19N5O2. The van der Waals surface area contributed by atoms with Gasteiger partial charge in [0, 0.05) is 25.2 Å². The van der Waals surface area contributed by atoms with Crippen molar-refractivity contribution in [2.24, 2.45) is 15.9 Å². The Bertz CT molecular complexity index is 568. The van der Waals surface area contributed by atoms with E-state index in [9.17, 15) is 4.79 Å². The van der Waals surface area contributed by atoms with Crippen molar-refractivity contribution < 1.29 is 9.53 Å². The van der Waals surface area contributed by atoms with E-state index in [0.29, 0.717) is 13.0 Å². The molecule has 7 nitrogen and oxygen atoms in total. The number of pyridine rings is 1. The molecular weight excluding hydrogens is 270 g/mol. The molecule has 1 aromatic heterocycles. The van der Waals surface area contributed by atoms with Crippen molar-refractivity contribution in [1.29, 1.82) is 0 Å². The minimum atomic E-state index is -0.600. The molecule has 1 aliphatic rings. The van der Waals surface area contributed by atoms with Crippen molar-refractivity contribution in [2.45, 2.75) is 19.3 Å². The number of esters is 1. The molecule has 0 bridgehead atoms. The summed E-state index contributed by atoms with van der Waals surface area (Å²) in [5, 5.41) is 6.63. The molecule has 1 aromatic rings. The number of carbonyl (C=O) groups is 1. The van der Waals surface area contributed by atoms with E-state index >= 15 is 0 Å². The highest BCUT2D eigenvalue weighted by atomic mass is 16.5. The van der Waals surface area contributed by atoms with E-state index in [2.05, 4.69) is 31.2 Å². The van der Waals surface area contributed by atoms with Gasteiger partial charge in [-0.05, 0) is 24.5 Å². The van der Waals surface area contributed by atoms with E-state index in [0.717, 1.165) is 30.9 Å². The lowest BCUT2D eigenvalue weighted by molar-refractivity contribution is -0.132. The summed E-state index contributed by atoms with van der Waals surface area (Å²) in [5.41, 5.74) is 2.22. The van der Waals surface area contributed by atoms with Crippen molar-refractivity contribution in [3.8, 4) is 0 Å². The predicted molar refractivity (Wildman–Crippen MR) is 81.7 cm³/mol. The highest BCUT2D eigenvalue weighted by Crippen LogP contribution is 2.19. The van der Waals surface area contributed by atoms with Gasteiger partial charge in [-0.25, -0.2) is 9.78 Å². The molecule has 3 N–H and O–H groups in total. The van der Waals surface area contributed by atoms with Crippen LogP contribution in [-0.2, 0) is 22.4 Å². The molecule has 0 radical (unpaired) electrons. The van der Waals surface area contributed by atoms with Gasteiger partial charge in [0.1, 0.15) is 5.82 Å². The number of anilines is 1. The number of hydrogen-bond acceptors (Lipinski definition) is 7. The molecule has 0 unspecified atom stereocenters. The maximum Gasteiger partial charge on any atom is 0.360 e. The number of aromatic nitrogens is 1. The van der Waals surface area contributed by atoms with Crippen molar-refractivity contribution >= 4 is 23.7 Å².